The minimum atomic E-state index is -0.846. The van der Waals surface area contributed by atoms with E-state index in [2.05, 4.69) is 15.9 Å². The molecule has 0 saturated heterocycles. The molecule has 0 fully saturated rings. The van der Waals surface area contributed by atoms with E-state index < -0.39 is 23.1 Å². The average Bonchev–Trinajstić information content (AvgIpc) is 2.15. The lowest BCUT2D eigenvalue weighted by Crippen LogP contribution is -2.37. The van der Waals surface area contributed by atoms with Crippen molar-refractivity contribution in [2.75, 3.05) is 6.54 Å². The van der Waals surface area contributed by atoms with Gasteiger partial charge in [-0.15, -0.1) is 0 Å². The summed E-state index contributed by atoms with van der Waals surface area (Å²) >= 11 is 2.97. The normalized spacial score (nSPS) is 10.8. The Morgan fingerprint density at radius 2 is 1.82 bits per heavy atom. The van der Waals surface area contributed by atoms with E-state index in [1.165, 1.54) is 4.90 Å². The fraction of sp³-hybridized carbons (Fsp3) is 0.417. The van der Waals surface area contributed by atoms with Gasteiger partial charge in [0.1, 0.15) is 17.2 Å². The van der Waals surface area contributed by atoms with Crippen molar-refractivity contribution in [3.63, 3.8) is 0 Å². The Bertz CT molecular complexity index is 412. The molecule has 0 aliphatic rings. The second-order valence-corrected chi connectivity index (χ2v) is 4.85. The minimum Gasteiger partial charge on any atom is -0.336 e. The molecule has 0 radical (unpaired) electrons. The van der Waals surface area contributed by atoms with Gasteiger partial charge in [0.15, 0.2) is 0 Å². The summed E-state index contributed by atoms with van der Waals surface area (Å²) in [6.07, 6.45) is 0. The maximum atomic E-state index is 13.6. The van der Waals surface area contributed by atoms with Crippen LogP contribution in [0.2, 0.25) is 0 Å². The first kappa shape index (κ1) is 14.1. The van der Waals surface area contributed by atoms with Gasteiger partial charge in [-0.25, -0.2) is 8.78 Å². The summed E-state index contributed by atoms with van der Waals surface area (Å²) in [5.74, 6) is -2.31. The van der Waals surface area contributed by atoms with Gasteiger partial charge in [0.25, 0.3) is 5.91 Å². The molecule has 0 aromatic heterocycles. The fourth-order valence-corrected chi connectivity index (χ4v) is 2.04. The maximum Gasteiger partial charge on any atom is 0.260 e. The number of nitrogens with zero attached hydrogens (tertiary/aromatic N) is 1. The second kappa shape index (κ2) is 5.58. The number of rotatable bonds is 3. The van der Waals surface area contributed by atoms with Crippen molar-refractivity contribution >= 4 is 21.8 Å². The molecule has 5 heteroatoms. The molecule has 94 valence electrons. The van der Waals surface area contributed by atoms with Gasteiger partial charge in [0.05, 0.1) is 0 Å². The molecule has 0 spiro atoms. The van der Waals surface area contributed by atoms with E-state index in [1.807, 2.05) is 0 Å². The van der Waals surface area contributed by atoms with E-state index in [9.17, 15) is 13.6 Å². The van der Waals surface area contributed by atoms with E-state index in [-0.39, 0.29) is 10.5 Å². The molecule has 1 rings (SSSR count). The van der Waals surface area contributed by atoms with Gasteiger partial charge in [0.2, 0.25) is 0 Å². The van der Waals surface area contributed by atoms with E-state index in [0.717, 1.165) is 12.1 Å². The van der Waals surface area contributed by atoms with Crippen LogP contribution in [-0.4, -0.2) is 23.4 Å². The van der Waals surface area contributed by atoms with E-state index in [0.29, 0.717) is 6.54 Å². The lowest BCUT2D eigenvalue weighted by molar-refractivity contribution is 0.0707. The minimum absolute atomic E-state index is 0.102. The fourth-order valence-electron chi connectivity index (χ4n) is 1.63. The topological polar surface area (TPSA) is 20.3 Å². The van der Waals surface area contributed by atoms with Crippen LogP contribution in [0.3, 0.4) is 0 Å². The number of halogens is 3. The van der Waals surface area contributed by atoms with Crippen molar-refractivity contribution in [1.82, 2.24) is 4.90 Å². The van der Waals surface area contributed by atoms with E-state index >= 15 is 0 Å². The molecule has 0 heterocycles. The highest BCUT2D eigenvalue weighted by atomic mass is 79.9. The first-order chi connectivity index (χ1) is 7.88. The summed E-state index contributed by atoms with van der Waals surface area (Å²) in [4.78, 5) is 13.4. The van der Waals surface area contributed by atoms with Gasteiger partial charge < -0.3 is 4.90 Å². The van der Waals surface area contributed by atoms with Crippen LogP contribution in [0.4, 0.5) is 8.78 Å². The molecule has 1 amide bonds. The van der Waals surface area contributed by atoms with Crippen LogP contribution in [0.15, 0.2) is 16.6 Å². The maximum absolute atomic E-state index is 13.6. The molecule has 1 aromatic rings. The third kappa shape index (κ3) is 3.03. The lowest BCUT2D eigenvalue weighted by Gasteiger charge is -2.25. The SMILES string of the molecule is CCN(C(=O)c1c(F)cc(Br)cc1F)C(C)C. The highest BCUT2D eigenvalue weighted by Gasteiger charge is 2.24. The largest absolute Gasteiger partial charge is 0.336 e. The molecular weight excluding hydrogens is 292 g/mol. The third-order valence-corrected chi connectivity index (χ3v) is 2.90. The first-order valence-corrected chi connectivity index (χ1v) is 6.13. The molecule has 0 bridgehead atoms. The predicted molar refractivity (Wildman–Crippen MR) is 65.9 cm³/mol. The van der Waals surface area contributed by atoms with E-state index in [4.69, 9.17) is 0 Å². The smallest absolute Gasteiger partial charge is 0.260 e. The van der Waals surface area contributed by atoms with Crippen LogP contribution < -0.4 is 0 Å². The van der Waals surface area contributed by atoms with Crippen LogP contribution in [0.1, 0.15) is 31.1 Å². The Morgan fingerprint density at radius 1 is 1.35 bits per heavy atom. The van der Waals surface area contributed by atoms with Crippen LogP contribution in [0.5, 0.6) is 0 Å². The average molecular weight is 306 g/mol. The molecular formula is C12H14BrF2NO. The Morgan fingerprint density at radius 3 is 2.18 bits per heavy atom. The number of hydrogen-bond acceptors (Lipinski definition) is 1. The Hall–Kier alpha value is -0.970. The number of carbonyl (C=O) groups is 1. The summed E-state index contributed by atoms with van der Waals surface area (Å²) in [6, 6.07) is 2.07. The van der Waals surface area contributed by atoms with Gasteiger partial charge in [0, 0.05) is 17.1 Å². The number of benzene rings is 1. The van der Waals surface area contributed by atoms with Gasteiger partial charge in [-0.2, -0.15) is 0 Å². The lowest BCUT2D eigenvalue weighted by atomic mass is 10.1. The summed E-state index contributed by atoms with van der Waals surface area (Å²) < 4.78 is 27.5. The molecule has 0 N–H and O–H groups in total. The summed E-state index contributed by atoms with van der Waals surface area (Å²) in [5, 5.41) is 0. The highest BCUT2D eigenvalue weighted by Crippen LogP contribution is 2.21. The zero-order valence-electron chi connectivity index (χ0n) is 9.93. The number of hydrogen-bond donors (Lipinski definition) is 0. The molecule has 0 unspecified atom stereocenters. The van der Waals surface area contributed by atoms with Crippen LogP contribution in [0.25, 0.3) is 0 Å². The number of amides is 1. The van der Waals surface area contributed by atoms with Crippen molar-refractivity contribution < 1.29 is 13.6 Å². The standard InChI is InChI=1S/C12H14BrF2NO/c1-4-16(7(2)3)12(17)11-9(14)5-8(13)6-10(11)15/h5-7H,4H2,1-3H3. The van der Waals surface area contributed by atoms with Gasteiger partial charge in [-0.05, 0) is 32.9 Å². The van der Waals surface area contributed by atoms with Crippen molar-refractivity contribution in [3.05, 3.63) is 33.8 Å². The zero-order valence-corrected chi connectivity index (χ0v) is 11.5. The summed E-state index contributed by atoms with van der Waals surface area (Å²) in [6.45, 7) is 5.78. The van der Waals surface area contributed by atoms with Crippen molar-refractivity contribution in [2.45, 2.75) is 26.8 Å². The quantitative estimate of drug-likeness (QED) is 0.835. The predicted octanol–water partition coefficient (Wildman–Crippen LogP) is 3.60. The molecule has 0 aliphatic carbocycles. The third-order valence-electron chi connectivity index (χ3n) is 2.45. The Balaban J connectivity index is 3.20. The molecule has 2 nitrogen and oxygen atoms in total. The molecule has 1 aromatic carbocycles. The first-order valence-electron chi connectivity index (χ1n) is 5.34. The van der Waals surface area contributed by atoms with Crippen LogP contribution in [0, 0.1) is 11.6 Å². The van der Waals surface area contributed by atoms with Gasteiger partial charge in [-0.3, -0.25) is 4.79 Å². The van der Waals surface area contributed by atoms with Crippen molar-refractivity contribution in [2.24, 2.45) is 0 Å². The molecule has 17 heavy (non-hydrogen) atoms. The molecule has 0 aliphatic heterocycles. The Labute approximate surface area is 108 Å². The van der Waals surface area contributed by atoms with E-state index in [1.54, 1.807) is 20.8 Å². The second-order valence-electron chi connectivity index (χ2n) is 3.93. The van der Waals surface area contributed by atoms with Gasteiger partial charge >= 0.3 is 0 Å². The van der Waals surface area contributed by atoms with Crippen LogP contribution in [-0.2, 0) is 0 Å². The Kier molecular flexibility index (Phi) is 4.62. The van der Waals surface area contributed by atoms with Crippen LogP contribution >= 0.6 is 15.9 Å². The number of carbonyl (C=O) groups excluding carboxylic acids is 1. The van der Waals surface area contributed by atoms with Crippen molar-refractivity contribution in [1.29, 1.82) is 0 Å². The summed E-state index contributed by atoms with van der Waals surface area (Å²) in [7, 11) is 0. The molecule has 0 saturated carbocycles. The summed E-state index contributed by atoms with van der Waals surface area (Å²) in [5.41, 5.74) is -0.497. The highest BCUT2D eigenvalue weighted by molar-refractivity contribution is 9.10. The zero-order chi connectivity index (χ0) is 13.2. The van der Waals surface area contributed by atoms with Crippen molar-refractivity contribution in [3.8, 4) is 0 Å². The monoisotopic (exact) mass is 305 g/mol. The van der Waals surface area contributed by atoms with Gasteiger partial charge in [-0.1, -0.05) is 15.9 Å². The molecule has 0 atom stereocenters.